The van der Waals surface area contributed by atoms with Crippen LogP contribution in [0, 0.1) is 0 Å². The molecule has 0 unspecified atom stereocenters. The lowest BCUT2D eigenvalue weighted by molar-refractivity contribution is 0.238. The van der Waals surface area contributed by atoms with E-state index in [9.17, 15) is 13.2 Å². The summed E-state index contributed by atoms with van der Waals surface area (Å²) in [4.78, 5) is 22.7. The second-order valence-corrected chi connectivity index (χ2v) is 11.4. The highest BCUT2D eigenvalue weighted by atomic mass is 32.2. The van der Waals surface area contributed by atoms with Crippen LogP contribution in [0.15, 0.2) is 76.6 Å². The molecular weight excluding hydrogens is 502 g/mol. The molecule has 9 nitrogen and oxygen atoms in total. The Balaban J connectivity index is 1.39. The van der Waals surface area contributed by atoms with Crippen molar-refractivity contribution in [3.8, 4) is 5.75 Å². The zero-order valence-electron chi connectivity index (χ0n) is 21.2. The number of likely N-dealkylation sites (tertiary alicyclic amines) is 1. The number of aromatic amines is 1. The van der Waals surface area contributed by atoms with Crippen LogP contribution in [-0.4, -0.2) is 55.3 Å². The maximum absolute atomic E-state index is 12.7. The van der Waals surface area contributed by atoms with E-state index < -0.39 is 9.84 Å². The summed E-state index contributed by atoms with van der Waals surface area (Å²) in [5.41, 5.74) is 0.882. The second kappa shape index (κ2) is 11.2. The summed E-state index contributed by atoms with van der Waals surface area (Å²) in [5, 5.41) is 7.44. The molecule has 1 aliphatic heterocycles. The Hall–Kier alpha value is -3.89. The maximum Gasteiger partial charge on any atom is 0.259 e. The number of aromatic nitrogens is 2. The fourth-order valence-electron chi connectivity index (χ4n) is 4.57. The first-order chi connectivity index (χ1) is 18.4. The van der Waals surface area contributed by atoms with E-state index in [1.54, 1.807) is 49.5 Å². The van der Waals surface area contributed by atoms with Gasteiger partial charge in [0.05, 0.1) is 21.7 Å². The maximum atomic E-state index is 12.7. The molecule has 2 aromatic heterocycles. The van der Waals surface area contributed by atoms with E-state index in [1.807, 2.05) is 24.3 Å². The van der Waals surface area contributed by atoms with Crippen LogP contribution in [0.5, 0.6) is 5.75 Å². The topological polar surface area (TPSA) is 116 Å². The first-order valence-corrected chi connectivity index (χ1v) is 14.4. The van der Waals surface area contributed by atoms with Crippen LogP contribution >= 0.6 is 0 Å². The van der Waals surface area contributed by atoms with Gasteiger partial charge in [0.15, 0.2) is 9.84 Å². The summed E-state index contributed by atoms with van der Waals surface area (Å²) >= 11 is 0. The van der Waals surface area contributed by atoms with Crippen molar-refractivity contribution in [3.63, 3.8) is 0 Å². The van der Waals surface area contributed by atoms with Gasteiger partial charge in [-0.3, -0.25) is 9.69 Å². The number of para-hydroxylation sites is 1. The summed E-state index contributed by atoms with van der Waals surface area (Å²) in [6, 6.07) is 17.7. The molecule has 0 bridgehead atoms. The van der Waals surface area contributed by atoms with Gasteiger partial charge in [-0.15, -0.1) is 0 Å². The van der Waals surface area contributed by atoms with E-state index in [0.717, 1.165) is 31.1 Å². The van der Waals surface area contributed by atoms with Crippen LogP contribution in [0.3, 0.4) is 0 Å². The van der Waals surface area contributed by atoms with Gasteiger partial charge in [0.25, 0.3) is 5.56 Å². The smallest absolute Gasteiger partial charge is 0.259 e. The van der Waals surface area contributed by atoms with Crippen LogP contribution in [0.4, 0.5) is 23.0 Å². The lowest BCUT2D eigenvalue weighted by Crippen LogP contribution is -2.25. The van der Waals surface area contributed by atoms with Crippen LogP contribution in [0.25, 0.3) is 10.8 Å². The summed E-state index contributed by atoms with van der Waals surface area (Å²) < 4.78 is 31.1. The molecule has 1 saturated heterocycles. The third kappa shape index (κ3) is 5.81. The monoisotopic (exact) mass is 533 g/mol. The number of pyridine rings is 2. The van der Waals surface area contributed by atoms with E-state index in [4.69, 9.17) is 4.74 Å². The normalized spacial score (nSPS) is 14.0. The second-order valence-electron chi connectivity index (χ2n) is 9.20. The van der Waals surface area contributed by atoms with Crippen molar-refractivity contribution in [2.45, 2.75) is 24.7 Å². The molecule has 2 aromatic carbocycles. The molecular formula is C28H31N5O4S. The zero-order valence-corrected chi connectivity index (χ0v) is 22.1. The predicted molar refractivity (Wildman–Crippen MR) is 151 cm³/mol. The Morgan fingerprint density at radius 1 is 1.03 bits per heavy atom. The SMILES string of the molecule is CCS(=O)(=O)c1ccccc1Nc1cc2cc[nH]c(=O)c2c(Nc2ccc(OCCN3CCCC3)cc2)n1. The summed E-state index contributed by atoms with van der Waals surface area (Å²) in [5.74, 6) is 1.52. The highest BCUT2D eigenvalue weighted by Crippen LogP contribution is 2.30. The summed E-state index contributed by atoms with van der Waals surface area (Å²) in [6.07, 6.45) is 4.09. The van der Waals surface area contributed by atoms with Gasteiger partial charge in [0.1, 0.15) is 24.0 Å². The molecule has 4 aromatic rings. The number of nitrogens with one attached hydrogen (secondary N) is 3. The first kappa shape index (κ1) is 25.7. The van der Waals surface area contributed by atoms with Gasteiger partial charge in [-0.25, -0.2) is 13.4 Å². The molecule has 1 fully saturated rings. The molecule has 0 saturated carbocycles. The number of ether oxygens (including phenoxy) is 1. The number of H-pyrrole nitrogens is 1. The number of hydrogen-bond acceptors (Lipinski definition) is 8. The zero-order chi connectivity index (χ0) is 26.5. The largest absolute Gasteiger partial charge is 0.492 e. The first-order valence-electron chi connectivity index (χ1n) is 12.8. The fourth-order valence-corrected chi connectivity index (χ4v) is 5.62. The van der Waals surface area contributed by atoms with Gasteiger partial charge in [-0.1, -0.05) is 19.1 Å². The highest BCUT2D eigenvalue weighted by Gasteiger charge is 2.18. The Morgan fingerprint density at radius 3 is 2.55 bits per heavy atom. The van der Waals surface area contributed by atoms with Gasteiger partial charge in [-0.05, 0) is 79.8 Å². The minimum Gasteiger partial charge on any atom is -0.492 e. The molecule has 38 heavy (non-hydrogen) atoms. The summed E-state index contributed by atoms with van der Waals surface area (Å²) in [7, 11) is -3.45. The van der Waals surface area contributed by atoms with E-state index in [0.29, 0.717) is 34.7 Å². The van der Waals surface area contributed by atoms with E-state index in [2.05, 4.69) is 25.5 Å². The van der Waals surface area contributed by atoms with Crippen LogP contribution in [0.2, 0.25) is 0 Å². The third-order valence-electron chi connectivity index (χ3n) is 6.61. The molecule has 10 heteroatoms. The quantitative estimate of drug-likeness (QED) is 0.269. The Morgan fingerprint density at radius 2 is 1.79 bits per heavy atom. The van der Waals surface area contributed by atoms with Crippen LogP contribution in [-0.2, 0) is 9.84 Å². The van der Waals surface area contributed by atoms with Crippen LogP contribution in [0.1, 0.15) is 19.8 Å². The van der Waals surface area contributed by atoms with Gasteiger partial charge in [0, 0.05) is 18.4 Å². The van der Waals surface area contributed by atoms with Crippen molar-refractivity contribution in [1.29, 1.82) is 0 Å². The molecule has 1 aliphatic rings. The highest BCUT2D eigenvalue weighted by molar-refractivity contribution is 7.91. The predicted octanol–water partition coefficient (Wildman–Crippen LogP) is 4.68. The third-order valence-corrected chi connectivity index (χ3v) is 8.40. The molecule has 0 aliphatic carbocycles. The molecule has 5 rings (SSSR count). The Kier molecular flexibility index (Phi) is 7.62. The number of benzene rings is 2. The van der Waals surface area contributed by atoms with Crippen molar-refractivity contribution in [2.75, 3.05) is 42.6 Å². The minimum atomic E-state index is -3.45. The molecule has 3 heterocycles. The number of nitrogens with zero attached hydrogens (tertiary/aromatic N) is 2. The van der Waals surface area contributed by atoms with Gasteiger partial charge < -0.3 is 20.4 Å². The molecule has 0 atom stereocenters. The Labute approximate surface area is 221 Å². The van der Waals surface area contributed by atoms with Crippen molar-refractivity contribution in [2.24, 2.45) is 0 Å². The standard InChI is InChI=1S/C28H31N5O4S/c1-2-38(35,36)24-8-4-3-7-23(24)31-25-19-20-13-14-29-28(34)26(20)27(32-25)30-21-9-11-22(12-10-21)37-18-17-33-15-5-6-16-33/h3-4,7-14,19H,2,5-6,15-18H2,1H3,(H,29,34)(H2,30,31,32). The number of sulfone groups is 1. The van der Waals surface area contributed by atoms with Gasteiger partial charge in [-0.2, -0.15) is 0 Å². The molecule has 0 amide bonds. The van der Waals surface area contributed by atoms with Crippen molar-refractivity contribution in [3.05, 3.63) is 77.2 Å². The number of rotatable bonds is 10. The summed E-state index contributed by atoms with van der Waals surface area (Å²) in [6.45, 7) is 5.44. The van der Waals surface area contributed by atoms with Crippen molar-refractivity contribution >= 4 is 43.6 Å². The van der Waals surface area contributed by atoms with Gasteiger partial charge in [0.2, 0.25) is 0 Å². The molecule has 0 radical (unpaired) electrons. The average molecular weight is 534 g/mol. The van der Waals surface area contributed by atoms with E-state index in [-0.39, 0.29) is 16.2 Å². The minimum absolute atomic E-state index is 0.0169. The Bertz CT molecular complexity index is 1580. The van der Waals surface area contributed by atoms with Crippen LogP contribution < -0.4 is 20.9 Å². The number of anilines is 4. The molecule has 198 valence electrons. The van der Waals surface area contributed by atoms with E-state index >= 15 is 0 Å². The number of fused-ring (bicyclic) bond motifs is 1. The van der Waals surface area contributed by atoms with Crippen molar-refractivity contribution in [1.82, 2.24) is 14.9 Å². The number of hydrogen-bond donors (Lipinski definition) is 3. The molecule has 0 spiro atoms. The van der Waals surface area contributed by atoms with Gasteiger partial charge >= 0.3 is 0 Å². The average Bonchev–Trinajstić information content (AvgIpc) is 3.43. The lowest BCUT2D eigenvalue weighted by atomic mass is 10.2. The van der Waals surface area contributed by atoms with E-state index in [1.165, 1.54) is 12.8 Å². The fraction of sp³-hybridized carbons (Fsp3) is 0.286. The van der Waals surface area contributed by atoms with Crippen molar-refractivity contribution < 1.29 is 13.2 Å². The molecule has 3 N–H and O–H groups in total. The lowest BCUT2D eigenvalue weighted by Gasteiger charge is -2.16.